The molecule has 0 fully saturated rings. The lowest BCUT2D eigenvalue weighted by atomic mass is 10.0. The van der Waals surface area contributed by atoms with Crippen LogP contribution in [0.15, 0.2) is 0 Å². The van der Waals surface area contributed by atoms with E-state index in [1.165, 1.54) is 0 Å². The average Bonchev–Trinajstić information content (AvgIpc) is 2.25. The second-order valence-electron chi connectivity index (χ2n) is 3.67. The summed E-state index contributed by atoms with van der Waals surface area (Å²) < 4.78 is 122. The molecule has 0 aliphatic carbocycles. The van der Waals surface area contributed by atoms with Gasteiger partial charge in [0.1, 0.15) is 0 Å². The van der Waals surface area contributed by atoms with Gasteiger partial charge in [-0.3, -0.25) is 4.21 Å². The summed E-state index contributed by atoms with van der Waals surface area (Å²) in [5.74, 6) is -21.2. The van der Waals surface area contributed by atoms with Gasteiger partial charge in [-0.05, 0) is 0 Å². The van der Waals surface area contributed by atoms with Crippen molar-refractivity contribution in [2.75, 3.05) is 18.1 Å². The molecule has 0 heterocycles. The van der Waals surface area contributed by atoms with Crippen LogP contribution in [0.1, 0.15) is 6.42 Å². The molecule has 0 aromatic carbocycles. The van der Waals surface area contributed by atoms with E-state index in [4.69, 9.17) is 5.11 Å². The van der Waals surface area contributed by atoms with E-state index >= 15 is 0 Å². The third kappa shape index (κ3) is 3.77. The van der Waals surface area contributed by atoms with E-state index in [9.17, 15) is 43.7 Å². The quantitative estimate of drug-likeness (QED) is 0.724. The average molecular weight is 340 g/mol. The Hall–Kier alpha value is -0.520. The zero-order valence-electron chi connectivity index (χ0n) is 9.49. The summed E-state index contributed by atoms with van der Waals surface area (Å²) >= 11 is 0. The van der Waals surface area contributed by atoms with E-state index in [-0.39, 0.29) is 0 Å². The minimum atomic E-state index is -6.93. The van der Waals surface area contributed by atoms with E-state index in [0.717, 1.165) is 0 Å². The molecule has 0 saturated carbocycles. The van der Waals surface area contributed by atoms with Gasteiger partial charge in [0.25, 0.3) is 0 Å². The van der Waals surface area contributed by atoms with Crippen LogP contribution in [0.25, 0.3) is 0 Å². The monoisotopic (exact) mass is 340 g/mol. The molecule has 0 aromatic heterocycles. The number of hydrogen-bond acceptors (Lipinski definition) is 2. The van der Waals surface area contributed by atoms with Gasteiger partial charge >= 0.3 is 23.9 Å². The van der Waals surface area contributed by atoms with Gasteiger partial charge in [-0.2, -0.15) is 39.5 Å². The molecule has 122 valence electrons. The number of aliphatic hydroxyl groups excluding tert-OH is 1. The Labute approximate surface area is 109 Å². The van der Waals surface area contributed by atoms with Crippen LogP contribution in [0.2, 0.25) is 0 Å². The van der Waals surface area contributed by atoms with Crippen molar-refractivity contribution in [3.05, 3.63) is 0 Å². The number of halogens is 9. The zero-order valence-corrected chi connectivity index (χ0v) is 10.3. The topological polar surface area (TPSA) is 37.3 Å². The fourth-order valence-electron chi connectivity index (χ4n) is 1.01. The first kappa shape index (κ1) is 19.5. The maximum absolute atomic E-state index is 12.9. The van der Waals surface area contributed by atoms with Crippen molar-refractivity contribution < 1.29 is 48.8 Å². The molecule has 0 bridgehead atoms. The lowest BCUT2D eigenvalue weighted by Crippen LogP contribution is -2.61. The lowest BCUT2D eigenvalue weighted by molar-refractivity contribution is -0.396. The molecule has 0 aromatic rings. The Morgan fingerprint density at radius 3 is 1.60 bits per heavy atom. The lowest BCUT2D eigenvalue weighted by Gasteiger charge is -2.33. The Bertz CT molecular complexity index is 352. The van der Waals surface area contributed by atoms with Crippen molar-refractivity contribution in [3.63, 3.8) is 0 Å². The minimum Gasteiger partial charge on any atom is -0.395 e. The summed E-state index contributed by atoms with van der Waals surface area (Å²) in [7, 11) is -2.24. The van der Waals surface area contributed by atoms with E-state index in [2.05, 4.69) is 0 Å². The number of rotatable bonds is 7. The third-order valence-electron chi connectivity index (χ3n) is 2.17. The van der Waals surface area contributed by atoms with Crippen molar-refractivity contribution in [1.82, 2.24) is 0 Å². The van der Waals surface area contributed by atoms with Crippen molar-refractivity contribution in [2.45, 2.75) is 30.4 Å². The molecule has 0 aliphatic rings. The van der Waals surface area contributed by atoms with Gasteiger partial charge in [-0.25, -0.2) is 0 Å². The normalized spacial score (nSPS) is 16.3. The van der Waals surface area contributed by atoms with E-state index in [0.29, 0.717) is 0 Å². The van der Waals surface area contributed by atoms with Crippen LogP contribution in [0.3, 0.4) is 0 Å². The summed E-state index contributed by atoms with van der Waals surface area (Å²) in [6, 6.07) is 0. The summed E-state index contributed by atoms with van der Waals surface area (Å²) in [5.41, 5.74) is 0. The molecule has 20 heavy (non-hydrogen) atoms. The summed E-state index contributed by atoms with van der Waals surface area (Å²) in [5, 5.41) is 8.26. The molecular formula is C8H9F9O2S. The third-order valence-corrected chi connectivity index (χ3v) is 3.47. The fourth-order valence-corrected chi connectivity index (χ4v) is 1.90. The minimum absolute atomic E-state index is 0.586. The Morgan fingerprint density at radius 1 is 0.800 bits per heavy atom. The first-order valence-corrected chi connectivity index (χ1v) is 6.35. The van der Waals surface area contributed by atoms with Gasteiger partial charge < -0.3 is 5.11 Å². The predicted molar refractivity (Wildman–Crippen MR) is 50.5 cm³/mol. The molecule has 1 atom stereocenters. The smallest absolute Gasteiger partial charge is 0.395 e. The van der Waals surface area contributed by atoms with Crippen LogP contribution in [0, 0.1) is 0 Å². The molecule has 2 nitrogen and oxygen atoms in total. The maximum Gasteiger partial charge on any atom is 0.460 e. The first-order chi connectivity index (χ1) is 8.70. The summed E-state index contributed by atoms with van der Waals surface area (Å²) in [6.45, 7) is -0.743. The summed E-state index contributed by atoms with van der Waals surface area (Å²) in [4.78, 5) is 0. The zero-order chi connectivity index (χ0) is 16.4. The second-order valence-corrected chi connectivity index (χ2v) is 5.37. The van der Waals surface area contributed by atoms with Crippen molar-refractivity contribution in [1.29, 1.82) is 0 Å². The van der Waals surface area contributed by atoms with Gasteiger partial charge in [-0.15, -0.1) is 0 Å². The highest BCUT2D eigenvalue weighted by atomic mass is 32.2. The van der Waals surface area contributed by atoms with Gasteiger partial charge in [0.2, 0.25) is 0 Å². The van der Waals surface area contributed by atoms with Gasteiger partial charge in [0, 0.05) is 28.7 Å². The number of aliphatic hydroxyl groups is 1. The highest BCUT2D eigenvalue weighted by Gasteiger charge is 2.81. The number of alkyl halides is 9. The largest absolute Gasteiger partial charge is 0.460 e. The Balaban J connectivity index is 5.12. The molecule has 0 amide bonds. The van der Waals surface area contributed by atoms with Crippen LogP contribution in [-0.4, -0.2) is 51.4 Å². The van der Waals surface area contributed by atoms with Crippen LogP contribution < -0.4 is 0 Å². The van der Waals surface area contributed by atoms with Gasteiger partial charge in [0.15, 0.2) is 0 Å². The second kappa shape index (κ2) is 6.08. The molecule has 0 saturated heterocycles. The van der Waals surface area contributed by atoms with Gasteiger partial charge in [-0.1, -0.05) is 0 Å². The fraction of sp³-hybridized carbons (Fsp3) is 1.00. The summed E-state index contributed by atoms with van der Waals surface area (Å²) in [6.07, 6.45) is -9.00. The standard InChI is InChI=1S/C8H9F9O2S/c9-5(10,1-3-20(19)4-2-18)6(11,12)7(13,14)8(15,16)17/h18H,1-4H2. The molecule has 0 aliphatic heterocycles. The van der Waals surface area contributed by atoms with Crippen LogP contribution >= 0.6 is 0 Å². The molecule has 0 rings (SSSR count). The highest BCUT2D eigenvalue weighted by molar-refractivity contribution is 7.84. The van der Waals surface area contributed by atoms with E-state index in [1.807, 2.05) is 0 Å². The van der Waals surface area contributed by atoms with Crippen molar-refractivity contribution in [2.24, 2.45) is 0 Å². The molecule has 1 N–H and O–H groups in total. The van der Waals surface area contributed by atoms with E-state index < -0.39 is 59.3 Å². The Morgan fingerprint density at radius 2 is 1.25 bits per heavy atom. The molecule has 0 spiro atoms. The van der Waals surface area contributed by atoms with Crippen LogP contribution in [0.5, 0.6) is 0 Å². The van der Waals surface area contributed by atoms with Gasteiger partial charge in [0.05, 0.1) is 6.61 Å². The van der Waals surface area contributed by atoms with E-state index in [1.54, 1.807) is 0 Å². The Kier molecular flexibility index (Phi) is 5.92. The SMILES string of the molecule is O=S(CCO)CCC(F)(F)C(F)(F)C(F)(F)C(F)(F)F. The van der Waals surface area contributed by atoms with Crippen LogP contribution in [-0.2, 0) is 10.8 Å². The number of hydrogen-bond donors (Lipinski definition) is 1. The predicted octanol–water partition coefficient (Wildman–Crippen LogP) is 2.59. The first-order valence-electron chi connectivity index (χ1n) is 4.86. The molecule has 12 heteroatoms. The van der Waals surface area contributed by atoms with Crippen molar-refractivity contribution >= 4 is 10.8 Å². The van der Waals surface area contributed by atoms with Crippen molar-refractivity contribution in [3.8, 4) is 0 Å². The molecule has 1 unspecified atom stereocenters. The molecular weight excluding hydrogens is 331 g/mol. The van der Waals surface area contributed by atoms with Crippen LogP contribution in [0.4, 0.5) is 39.5 Å². The highest BCUT2D eigenvalue weighted by Crippen LogP contribution is 2.53. The maximum atomic E-state index is 12.9. The molecule has 0 radical (unpaired) electrons.